The van der Waals surface area contributed by atoms with Gasteiger partial charge in [-0.1, -0.05) is 6.07 Å². The molecule has 26 heavy (non-hydrogen) atoms. The summed E-state index contributed by atoms with van der Waals surface area (Å²) in [6, 6.07) is 10.4. The molecule has 0 unspecified atom stereocenters. The normalized spacial score (nSPS) is 17.0. The second-order valence-electron chi connectivity index (χ2n) is 6.84. The number of piperazine rings is 1. The van der Waals surface area contributed by atoms with E-state index in [2.05, 4.69) is 33.8 Å². The lowest BCUT2D eigenvalue weighted by molar-refractivity contribution is -0.131. The molecule has 2 aromatic rings. The van der Waals surface area contributed by atoms with Gasteiger partial charge in [0.15, 0.2) is 0 Å². The Morgan fingerprint density at radius 1 is 1.12 bits per heavy atom. The number of benzene rings is 1. The Hall–Kier alpha value is -2.34. The number of anilines is 2. The van der Waals surface area contributed by atoms with Crippen molar-refractivity contribution in [1.29, 1.82) is 0 Å². The number of rotatable bonds is 4. The molecule has 0 bridgehead atoms. The SMILES string of the molecule is O=C1CCc2cc(N3CCN(C(=O)CCc4cccs4)CC3)ccc2N1. The number of nitrogens with one attached hydrogen (secondary N) is 1. The second-order valence-corrected chi connectivity index (χ2v) is 7.87. The van der Waals surface area contributed by atoms with Gasteiger partial charge in [-0.15, -0.1) is 11.3 Å². The average Bonchev–Trinajstić information content (AvgIpc) is 3.19. The van der Waals surface area contributed by atoms with Gasteiger partial charge in [-0.05, 0) is 48.1 Å². The zero-order chi connectivity index (χ0) is 17.9. The van der Waals surface area contributed by atoms with Crippen molar-refractivity contribution in [1.82, 2.24) is 4.90 Å². The van der Waals surface area contributed by atoms with Gasteiger partial charge in [0.05, 0.1) is 0 Å². The van der Waals surface area contributed by atoms with Crippen molar-refractivity contribution >= 4 is 34.5 Å². The molecule has 1 aromatic carbocycles. The molecule has 1 fully saturated rings. The highest BCUT2D eigenvalue weighted by Crippen LogP contribution is 2.28. The second kappa shape index (κ2) is 7.50. The summed E-state index contributed by atoms with van der Waals surface area (Å²) in [5, 5.41) is 4.99. The summed E-state index contributed by atoms with van der Waals surface area (Å²) in [6.07, 6.45) is 2.80. The highest BCUT2D eigenvalue weighted by Gasteiger charge is 2.22. The van der Waals surface area contributed by atoms with Crippen LogP contribution in [0.3, 0.4) is 0 Å². The molecule has 0 atom stereocenters. The molecule has 1 N–H and O–H groups in total. The molecule has 2 aliphatic heterocycles. The number of thiophene rings is 1. The summed E-state index contributed by atoms with van der Waals surface area (Å²) in [6.45, 7) is 3.26. The molecule has 1 aromatic heterocycles. The number of carbonyl (C=O) groups excluding carboxylic acids is 2. The smallest absolute Gasteiger partial charge is 0.224 e. The molecule has 0 saturated carbocycles. The number of hydrogen-bond donors (Lipinski definition) is 1. The standard InChI is InChI=1S/C20H23N3O2S/c24-19-7-3-15-14-16(4-6-18(15)21-19)22-9-11-23(12-10-22)20(25)8-5-17-2-1-13-26-17/h1-2,4,6,13-14H,3,5,7-12H2,(H,21,24). The topological polar surface area (TPSA) is 52.7 Å². The maximum absolute atomic E-state index is 12.4. The Balaban J connectivity index is 1.32. The molecule has 2 aliphatic rings. The summed E-state index contributed by atoms with van der Waals surface area (Å²) < 4.78 is 0. The Labute approximate surface area is 157 Å². The summed E-state index contributed by atoms with van der Waals surface area (Å²) in [5.74, 6) is 0.353. The number of carbonyl (C=O) groups is 2. The fourth-order valence-corrected chi connectivity index (χ4v) is 4.33. The van der Waals surface area contributed by atoms with Crippen molar-refractivity contribution in [2.45, 2.75) is 25.7 Å². The van der Waals surface area contributed by atoms with Crippen LogP contribution in [0.25, 0.3) is 0 Å². The zero-order valence-electron chi connectivity index (χ0n) is 14.7. The molecule has 1 saturated heterocycles. The van der Waals surface area contributed by atoms with Gasteiger partial charge in [0.1, 0.15) is 0 Å². The quantitative estimate of drug-likeness (QED) is 0.902. The van der Waals surface area contributed by atoms with Gasteiger partial charge < -0.3 is 15.1 Å². The highest BCUT2D eigenvalue weighted by molar-refractivity contribution is 7.09. The van der Waals surface area contributed by atoms with Crippen LogP contribution in [0, 0.1) is 0 Å². The first-order valence-electron chi connectivity index (χ1n) is 9.17. The third-order valence-corrected chi connectivity index (χ3v) is 6.08. The molecule has 136 valence electrons. The van der Waals surface area contributed by atoms with Crippen LogP contribution in [0.4, 0.5) is 11.4 Å². The van der Waals surface area contributed by atoms with E-state index in [1.165, 1.54) is 16.1 Å². The average molecular weight is 369 g/mol. The molecule has 6 heteroatoms. The third-order valence-electron chi connectivity index (χ3n) is 5.15. The number of aryl methyl sites for hydroxylation is 2. The van der Waals surface area contributed by atoms with E-state index < -0.39 is 0 Å². The van der Waals surface area contributed by atoms with Crippen molar-refractivity contribution in [3.63, 3.8) is 0 Å². The molecular formula is C20H23N3O2S. The Morgan fingerprint density at radius 2 is 1.96 bits per heavy atom. The summed E-state index contributed by atoms with van der Waals surface area (Å²) in [7, 11) is 0. The van der Waals surface area contributed by atoms with E-state index in [1.54, 1.807) is 11.3 Å². The Bertz CT molecular complexity index is 795. The van der Waals surface area contributed by atoms with Crippen LogP contribution >= 0.6 is 11.3 Å². The van der Waals surface area contributed by atoms with Crippen LogP contribution < -0.4 is 10.2 Å². The van der Waals surface area contributed by atoms with Gasteiger partial charge in [-0.25, -0.2) is 0 Å². The van der Waals surface area contributed by atoms with Gasteiger partial charge in [-0.3, -0.25) is 9.59 Å². The van der Waals surface area contributed by atoms with E-state index in [4.69, 9.17) is 0 Å². The first-order valence-corrected chi connectivity index (χ1v) is 10.0. The Kier molecular flexibility index (Phi) is 4.93. The number of amides is 2. The van der Waals surface area contributed by atoms with E-state index in [-0.39, 0.29) is 11.8 Å². The van der Waals surface area contributed by atoms with Crippen molar-refractivity contribution in [2.75, 3.05) is 36.4 Å². The third kappa shape index (κ3) is 3.75. The minimum Gasteiger partial charge on any atom is -0.368 e. The van der Waals surface area contributed by atoms with Crippen molar-refractivity contribution in [3.8, 4) is 0 Å². The summed E-state index contributed by atoms with van der Waals surface area (Å²) in [5.41, 5.74) is 3.33. The lowest BCUT2D eigenvalue weighted by atomic mass is 10.0. The molecule has 2 amide bonds. The molecule has 4 rings (SSSR count). The van der Waals surface area contributed by atoms with Crippen LogP contribution in [0.2, 0.25) is 0 Å². The predicted octanol–water partition coefficient (Wildman–Crippen LogP) is 2.91. The van der Waals surface area contributed by atoms with E-state index in [0.717, 1.165) is 44.7 Å². The fraction of sp³-hybridized carbons (Fsp3) is 0.400. The van der Waals surface area contributed by atoms with Crippen LogP contribution in [-0.2, 0) is 22.4 Å². The van der Waals surface area contributed by atoms with Gasteiger partial charge >= 0.3 is 0 Å². The number of fused-ring (bicyclic) bond motifs is 1. The summed E-state index contributed by atoms with van der Waals surface area (Å²) in [4.78, 5) is 29.5. The van der Waals surface area contributed by atoms with E-state index in [0.29, 0.717) is 12.8 Å². The predicted molar refractivity (Wildman–Crippen MR) is 105 cm³/mol. The van der Waals surface area contributed by atoms with Gasteiger partial charge in [0.25, 0.3) is 0 Å². The molecule has 0 spiro atoms. The van der Waals surface area contributed by atoms with Crippen LogP contribution in [0.1, 0.15) is 23.3 Å². The highest BCUT2D eigenvalue weighted by atomic mass is 32.1. The fourth-order valence-electron chi connectivity index (χ4n) is 3.62. The van der Waals surface area contributed by atoms with Gasteiger partial charge in [0, 0.05) is 55.3 Å². The number of nitrogens with zero attached hydrogens (tertiary/aromatic N) is 2. The largest absolute Gasteiger partial charge is 0.368 e. The number of hydrogen-bond acceptors (Lipinski definition) is 4. The van der Waals surface area contributed by atoms with Crippen LogP contribution in [0.5, 0.6) is 0 Å². The molecule has 5 nitrogen and oxygen atoms in total. The lowest BCUT2D eigenvalue weighted by Crippen LogP contribution is -2.48. The monoisotopic (exact) mass is 369 g/mol. The first kappa shape index (κ1) is 17.1. The van der Waals surface area contributed by atoms with E-state index in [1.807, 2.05) is 17.0 Å². The first-order chi connectivity index (χ1) is 12.7. The van der Waals surface area contributed by atoms with Crippen molar-refractivity contribution < 1.29 is 9.59 Å². The van der Waals surface area contributed by atoms with Crippen LogP contribution in [0.15, 0.2) is 35.7 Å². The molecule has 0 radical (unpaired) electrons. The minimum atomic E-state index is 0.0972. The Morgan fingerprint density at radius 3 is 2.73 bits per heavy atom. The van der Waals surface area contributed by atoms with Gasteiger partial charge in [-0.2, -0.15) is 0 Å². The van der Waals surface area contributed by atoms with Crippen molar-refractivity contribution in [3.05, 3.63) is 46.2 Å². The maximum atomic E-state index is 12.4. The summed E-state index contributed by atoms with van der Waals surface area (Å²) >= 11 is 1.72. The molecule has 3 heterocycles. The van der Waals surface area contributed by atoms with Crippen LogP contribution in [-0.4, -0.2) is 42.9 Å². The van der Waals surface area contributed by atoms with E-state index >= 15 is 0 Å². The zero-order valence-corrected chi connectivity index (χ0v) is 15.6. The minimum absolute atomic E-state index is 0.0972. The maximum Gasteiger partial charge on any atom is 0.224 e. The lowest BCUT2D eigenvalue weighted by Gasteiger charge is -2.36. The molecular weight excluding hydrogens is 346 g/mol. The molecule has 0 aliphatic carbocycles. The van der Waals surface area contributed by atoms with E-state index in [9.17, 15) is 9.59 Å². The van der Waals surface area contributed by atoms with Crippen molar-refractivity contribution in [2.24, 2.45) is 0 Å². The van der Waals surface area contributed by atoms with Gasteiger partial charge in [0.2, 0.25) is 11.8 Å².